The Morgan fingerprint density at radius 3 is 2.85 bits per heavy atom. The van der Waals surface area contributed by atoms with Crippen molar-refractivity contribution in [2.75, 3.05) is 7.11 Å². The molecule has 0 radical (unpaired) electrons. The maximum absolute atomic E-state index is 13.4. The first-order chi connectivity index (χ1) is 9.51. The van der Waals surface area contributed by atoms with Gasteiger partial charge in [-0.25, -0.2) is 14.2 Å². The van der Waals surface area contributed by atoms with E-state index in [0.29, 0.717) is 4.47 Å². The summed E-state index contributed by atoms with van der Waals surface area (Å²) in [4.78, 5) is 15.3. The molecule has 1 heterocycles. The van der Waals surface area contributed by atoms with Crippen LogP contribution in [0.4, 0.5) is 4.39 Å². The average Bonchev–Trinajstić information content (AvgIpc) is 2.44. The highest BCUT2D eigenvalue weighted by Gasteiger charge is 2.11. The van der Waals surface area contributed by atoms with Crippen molar-refractivity contribution in [1.82, 2.24) is 4.98 Å². The van der Waals surface area contributed by atoms with Crippen molar-refractivity contribution in [2.45, 2.75) is 0 Å². The fraction of sp³-hybridized carbons (Fsp3) is 0.0769. The van der Waals surface area contributed by atoms with Crippen LogP contribution in [0, 0.1) is 5.82 Å². The molecule has 0 fully saturated rings. The molecule has 0 N–H and O–H groups in total. The summed E-state index contributed by atoms with van der Waals surface area (Å²) in [6.45, 7) is 0. The quantitative estimate of drug-likeness (QED) is 0.607. The standard InChI is InChI=1S/C13H8BrClFNO3/c1-19-13(18)7-2-3-17-12(4-7)20-11-6-10(16)9(15)5-8(11)14/h2-6H,1H3. The van der Waals surface area contributed by atoms with E-state index in [4.69, 9.17) is 16.3 Å². The lowest BCUT2D eigenvalue weighted by Gasteiger charge is -2.08. The molecule has 20 heavy (non-hydrogen) atoms. The maximum Gasteiger partial charge on any atom is 0.338 e. The zero-order valence-corrected chi connectivity index (χ0v) is 12.5. The Balaban J connectivity index is 2.31. The van der Waals surface area contributed by atoms with Crippen LogP contribution in [0.2, 0.25) is 5.02 Å². The van der Waals surface area contributed by atoms with Crippen molar-refractivity contribution in [2.24, 2.45) is 0 Å². The van der Waals surface area contributed by atoms with Gasteiger partial charge >= 0.3 is 5.97 Å². The molecule has 0 aliphatic heterocycles. The van der Waals surface area contributed by atoms with E-state index >= 15 is 0 Å². The molecule has 0 bridgehead atoms. The van der Waals surface area contributed by atoms with Gasteiger partial charge in [-0.1, -0.05) is 11.6 Å². The van der Waals surface area contributed by atoms with Gasteiger partial charge < -0.3 is 9.47 Å². The zero-order valence-electron chi connectivity index (χ0n) is 10.2. The largest absolute Gasteiger partial charge is 0.465 e. The van der Waals surface area contributed by atoms with E-state index < -0.39 is 11.8 Å². The summed E-state index contributed by atoms with van der Waals surface area (Å²) in [5.74, 6) is -0.802. The number of rotatable bonds is 3. The van der Waals surface area contributed by atoms with Gasteiger partial charge in [-0.2, -0.15) is 0 Å². The molecule has 0 atom stereocenters. The normalized spacial score (nSPS) is 10.2. The molecule has 7 heteroatoms. The van der Waals surface area contributed by atoms with E-state index in [2.05, 4.69) is 25.7 Å². The number of ether oxygens (including phenoxy) is 2. The molecule has 2 rings (SSSR count). The number of methoxy groups -OCH3 is 1. The van der Waals surface area contributed by atoms with Crippen molar-refractivity contribution < 1.29 is 18.7 Å². The minimum atomic E-state index is -0.617. The number of carbonyl (C=O) groups excluding carboxylic acids is 1. The van der Waals surface area contributed by atoms with Crippen LogP contribution in [0.3, 0.4) is 0 Å². The van der Waals surface area contributed by atoms with Crippen LogP contribution in [-0.4, -0.2) is 18.1 Å². The van der Waals surface area contributed by atoms with Gasteiger partial charge in [-0.15, -0.1) is 0 Å². The predicted octanol–water partition coefficient (Wildman–Crippen LogP) is 4.22. The van der Waals surface area contributed by atoms with Crippen LogP contribution in [0.15, 0.2) is 34.9 Å². The van der Waals surface area contributed by atoms with Gasteiger partial charge in [0.05, 0.1) is 22.2 Å². The molecule has 104 valence electrons. The summed E-state index contributed by atoms with van der Waals surface area (Å²) in [6.07, 6.45) is 1.39. The van der Waals surface area contributed by atoms with Gasteiger partial charge in [0.2, 0.25) is 5.88 Å². The third-order valence-electron chi connectivity index (χ3n) is 2.35. The molecule has 0 saturated heterocycles. The number of esters is 1. The minimum absolute atomic E-state index is 0.0273. The number of halogens is 3. The first kappa shape index (κ1) is 14.7. The Bertz CT molecular complexity index is 666. The molecule has 0 unspecified atom stereocenters. The number of nitrogens with zero attached hydrogens (tertiary/aromatic N) is 1. The second-order valence-corrected chi connectivity index (χ2v) is 4.93. The van der Waals surface area contributed by atoms with E-state index in [-0.39, 0.29) is 22.2 Å². The van der Waals surface area contributed by atoms with Crippen LogP contribution < -0.4 is 4.74 Å². The topological polar surface area (TPSA) is 48.4 Å². The van der Waals surface area contributed by atoms with Crippen molar-refractivity contribution >= 4 is 33.5 Å². The molecule has 0 saturated carbocycles. The zero-order chi connectivity index (χ0) is 14.7. The first-order valence-corrected chi connectivity index (χ1v) is 6.55. The van der Waals surface area contributed by atoms with Gasteiger partial charge in [0.15, 0.2) is 0 Å². The van der Waals surface area contributed by atoms with Crippen LogP contribution in [0.25, 0.3) is 0 Å². The number of hydrogen-bond donors (Lipinski definition) is 0. The molecule has 2 aromatic rings. The first-order valence-electron chi connectivity index (χ1n) is 5.38. The molecule has 1 aromatic heterocycles. The molecular formula is C13H8BrClFNO3. The van der Waals surface area contributed by atoms with E-state index in [1.165, 1.54) is 31.5 Å². The molecule has 0 spiro atoms. The lowest BCUT2D eigenvalue weighted by atomic mass is 10.3. The monoisotopic (exact) mass is 359 g/mol. The fourth-order valence-electron chi connectivity index (χ4n) is 1.41. The van der Waals surface area contributed by atoms with E-state index in [0.717, 1.165) is 6.07 Å². The molecule has 4 nitrogen and oxygen atoms in total. The summed E-state index contributed by atoms with van der Waals surface area (Å²) < 4.78 is 23.9. The van der Waals surface area contributed by atoms with E-state index in [1.54, 1.807) is 0 Å². The third-order valence-corrected chi connectivity index (χ3v) is 3.25. The number of hydrogen-bond acceptors (Lipinski definition) is 4. The highest BCUT2D eigenvalue weighted by Crippen LogP contribution is 2.33. The average molecular weight is 361 g/mol. The van der Waals surface area contributed by atoms with Gasteiger partial charge in [-0.05, 0) is 28.1 Å². The Kier molecular flexibility index (Phi) is 4.57. The Morgan fingerprint density at radius 2 is 2.15 bits per heavy atom. The molecule has 0 aliphatic carbocycles. The number of pyridine rings is 1. The molecular weight excluding hydrogens is 353 g/mol. The lowest BCUT2D eigenvalue weighted by Crippen LogP contribution is -2.02. The molecule has 0 amide bonds. The SMILES string of the molecule is COC(=O)c1ccnc(Oc2cc(F)c(Cl)cc2Br)c1. The summed E-state index contributed by atoms with van der Waals surface area (Å²) in [5.41, 5.74) is 0.281. The Labute approximate surface area is 127 Å². The second-order valence-electron chi connectivity index (χ2n) is 3.67. The van der Waals surface area contributed by atoms with Crippen LogP contribution in [0.1, 0.15) is 10.4 Å². The van der Waals surface area contributed by atoms with Crippen LogP contribution in [-0.2, 0) is 4.74 Å². The summed E-state index contributed by atoms with van der Waals surface area (Å²) in [5, 5.41) is -0.0273. The summed E-state index contributed by atoms with van der Waals surface area (Å²) >= 11 is 8.84. The van der Waals surface area contributed by atoms with Crippen molar-refractivity contribution in [3.05, 3.63) is 51.3 Å². The lowest BCUT2D eigenvalue weighted by molar-refractivity contribution is 0.0600. The van der Waals surface area contributed by atoms with Crippen LogP contribution in [0.5, 0.6) is 11.6 Å². The molecule has 1 aromatic carbocycles. The summed E-state index contributed by atoms with van der Waals surface area (Å²) in [6, 6.07) is 5.37. The van der Waals surface area contributed by atoms with Crippen molar-refractivity contribution in [3.63, 3.8) is 0 Å². The van der Waals surface area contributed by atoms with Crippen molar-refractivity contribution in [1.29, 1.82) is 0 Å². The maximum atomic E-state index is 13.4. The van der Waals surface area contributed by atoms with Crippen molar-refractivity contribution in [3.8, 4) is 11.6 Å². The second kappa shape index (κ2) is 6.19. The highest BCUT2D eigenvalue weighted by molar-refractivity contribution is 9.10. The van der Waals surface area contributed by atoms with Gasteiger partial charge in [-0.3, -0.25) is 0 Å². The Hall–Kier alpha value is -1.66. The van der Waals surface area contributed by atoms with E-state index in [1.807, 2.05) is 0 Å². The minimum Gasteiger partial charge on any atom is -0.465 e. The molecule has 0 aliphatic rings. The number of benzene rings is 1. The number of aromatic nitrogens is 1. The summed E-state index contributed by atoms with van der Waals surface area (Å²) in [7, 11) is 1.27. The van der Waals surface area contributed by atoms with Gasteiger partial charge in [0.1, 0.15) is 11.6 Å². The predicted molar refractivity (Wildman–Crippen MR) is 74.8 cm³/mol. The van der Waals surface area contributed by atoms with Crippen LogP contribution >= 0.6 is 27.5 Å². The third kappa shape index (κ3) is 3.26. The highest BCUT2D eigenvalue weighted by atomic mass is 79.9. The fourth-order valence-corrected chi connectivity index (χ4v) is 2.13. The van der Waals surface area contributed by atoms with Gasteiger partial charge in [0, 0.05) is 18.3 Å². The Morgan fingerprint density at radius 1 is 1.40 bits per heavy atom. The van der Waals surface area contributed by atoms with E-state index in [9.17, 15) is 9.18 Å². The smallest absolute Gasteiger partial charge is 0.338 e. The van der Waals surface area contributed by atoms with Gasteiger partial charge in [0.25, 0.3) is 0 Å². The number of carbonyl (C=O) groups is 1.